The normalized spacial score (nSPS) is 17.3. The second kappa shape index (κ2) is 8.00. The fourth-order valence-corrected chi connectivity index (χ4v) is 3.88. The van der Waals surface area contributed by atoms with E-state index in [1.807, 2.05) is 19.2 Å². The lowest BCUT2D eigenvalue weighted by Crippen LogP contribution is -2.29. The predicted molar refractivity (Wildman–Crippen MR) is 86.4 cm³/mol. The molecule has 0 spiro atoms. The van der Waals surface area contributed by atoms with Gasteiger partial charge in [0.15, 0.2) is 0 Å². The molecule has 1 amide bonds. The summed E-state index contributed by atoms with van der Waals surface area (Å²) < 4.78 is 0. The molecule has 1 unspecified atom stereocenters. The first-order valence-electron chi connectivity index (χ1n) is 7.16. The highest BCUT2D eigenvalue weighted by molar-refractivity contribution is 7.99. The molecule has 112 valence electrons. The van der Waals surface area contributed by atoms with Crippen molar-refractivity contribution in [1.82, 2.24) is 15.2 Å². The number of thiazole rings is 1. The van der Waals surface area contributed by atoms with Gasteiger partial charge in [-0.3, -0.25) is 4.79 Å². The number of aromatic nitrogens is 1. The van der Waals surface area contributed by atoms with Crippen molar-refractivity contribution in [3.63, 3.8) is 0 Å². The number of nitrogens with zero attached hydrogens (tertiary/aromatic N) is 2. The third-order valence-corrected chi connectivity index (χ3v) is 5.45. The van der Waals surface area contributed by atoms with Crippen molar-refractivity contribution in [2.24, 2.45) is 0 Å². The number of hydrogen-bond donors (Lipinski definition) is 1. The minimum Gasteiger partial charge on any atom is -0.346 e. The second-order valence-electron chi connectivity index (χ2n) is 5.22. The minimum atomic E-state index is 0.0142. The van der Waals surface area contributed by atoms with Crippen LogP contribution in [0.3, 0.4) is 0 Å². The van der Waals surface area contributed by atoms with Gasteiger partial charge < -0.3 is 10.2 Å². The summed E-state index contributed by atoms with van der Waals surface area (Å²) in [7, 11) is 0. The summed E-state index contributed by atoms with van der Waals surface area (Å²) in [5.74, 6) is 1.69. The van der Waals surface area contributed by atoms with Crippen LogP contribution < -0.4 is 5.32 Å². The molecule has 1 aliphatic rings. The molecule has 1 saturated heterocycles. The van der Waals surface area contributed by atoms with Crippen molar-refractivity contribution in [3.8, 4) is 0 Å². The molecule has 1 atom stereocenters. The van der Waals surface area contributed by atoms with Crippen LogP contribution >= 0.6 is 23.1 Å². The van der Waals surface area contributed by atoms with Crippen LogP contribution in [0.4, 0.5) is 0 Å². The van der Waals surface area contributed by atoms with Crippen molar-refractivity contribution in [3.05, 3.63) is 16.1 Å². The zero-order chi connectivity index (χ0) is 14.4. The van der Waals surface area contributed by atoms with Gasteiger partial charge in [0, 0.05) is 23.4 Å². The van der Waals surface area contributed by atoms with Crippen molar-refractivity contribution >= 4 is 29.0 Å². The van der Waals surface area contributed by atoms with E-state index in [-0.39, 0.29) is 11.9 Å². The maximum atomic E-state index is 11.9. The molecule has 2 heterocycles. The van der Waals surface area contributed by atoms with E-state index >= 15 is 0 Å². The fourth-order valence-electron chi connectivity index (χ4n) is 2.28. The Labute approximate surface area is 129 Å². The molecule has 1 fully saturated rings. The summed E-state index contributed by atoms with van der Waals surface area (Å²) in [6, 6.07) is 0.0142. The van der Waals surface area contributed by atoms with Crippen molar-refractivity contribution in [1.29, 1.82) is 0 Å². The maximum absolute atomic E-state index is 11.9. The monoisotopic (exact) mass is 313 g/mol. The zero-order valence-corrected chi connectivity index (χ0v) is 13.9. The van der Waals surface area contributed by atoms with E-state index < -0.39 is 0 Å². The van der Waals surface area contributed by atoms with Gasteiger partial charge in [0.25, 0.3) is 0 Å². The van der Waals surface area contributed by atoms with E-state index in [0.29, 0.717) is 5.75 Å². The average molecular weight is 313 g/mol. The number of aryl methyl sites for hydroxylation is 1. The van der Waals surface area contributed by atoms with Crippen LogP contribution in [0.2, 0.25) is 0 Å². The highest BCUT2D eigenvalue weighted by atomic mass is 32.2. The average Bonchev–Trinajstić information content (AvgIpc) is 3.06. The largest absolute Gasteiger partial charge is 0.346 e. The molecule has 0 aromatic carbocycles. The van der Waals surface area contributed by atoms with Gasteiger partial charge in [0.2, 0.25) is 5.91 Å². The Bertz CT molecular complexity index is 430. The number of likely N-dealkylation sites (tertiary alicyclic amines) is 1. The third kappa shape index (κ3) is 5.07. The molecule has 0 saturated carbocycles. The fraction of sp³-hybridized carbons (Fsp3) is 0.714. The summed E-state index contributed by atoms with van der Waals surface area (Å²) in [4.78, 5) is 18.7. The smallest absolute Gasteiger partial charge is 0.230 e. The molecule has 0 radical (unpaired) electrons. The Balaban J connectivity index is 1.60. The Hall–Kier alpha value is -0.590. The topological polar surface area (TPSA) is 45.2 Å². The lowest BCUT2D eigenvalue weighted by Gasteiger charge is -2.14. The molecule has 0 bridgehead atoms. The molecule has 1 aliphatic heterocycles. The molecular weight excluding hydrogens is 290 g/mol. The number of nitrogens with one attached hydrogen (secondary N) is 1. The van der Waals surface area contributed by atoms with Gasteiger partial charge in [-0.25, -0.2) is 4.98 Å². The van der Waals surface area contributed by atoms with Gasteiger partial charge >= 0.3 is 0 Å². The van der Waals surface area contributed by atoms with E-state index in [0.717, 1.165) is 23.0 Å². The summed E-state index contributed by atoms with van der Waals surface area (Å²) in [6.07, 6.45) is 2.66. The Morgan fingerprint density at radius 2 is 2.30 bits per heavy atom. The van der Waals surface area contributed by atoms with Crippen LogP contribution in [0, 0.1) is 6.92 Å². The highest BCUT2D eigenvalue weighted by Gasteiger charge is 2.13. The molecule has 1 aromatic rings. The first-order valence-corrected chi connectivity index (χ1v) is 9.20. The van der Waals surface area contributed by atoms with Gasteiger partial charge in [0.05, 0.1) is 11.8 Å². The molecule has 20 heavy (non-hydrogen) atoms. The van der Waals surface area contributed by atoms with E-state index in [4.69, 9.17) is 0 Å². The lowest BCUT2D eigenvalue weighted by atomic mass is 10.3. The first-order chi connectivity index (χ1) is 9.65. The van der Waals surface area contributed by atoms with E-state index in [2.05, 4.69) is 15.2 Å². The van der Waals surface area contributed by atoms with Crippen LogP contribution in [0.15, 0.2) is 5.38 Å². The van der Waals surface area contributed by atoms with Crippen LogP contribution in [0.25, 0.3) is 0 Å². The molecular formula is C14H23N3OS2. The van der Waals surface area contributed by atoms with Crippen molar-refractivity contribution in [2.75, 3.05) is 31.1 Å². The molecule has 1 aromatic heterocycles. The Morgan fingerprint density at radius 1 is 1.55 bits per heavy atom. The third-order valence-electron chi connectivity index (χ3n) is 3.37. The zero-order valence-electron chi connectivity index (χ0n) is 12.2. The van der Waals surface area contributed by atoms with Gasteiger partial charge in [-0.1, -0.05) is 0 Å². The molecule has 4 nitrogen and oxygen atoms in total. The number of rotatable bonds is 7. The molecule has 6 heteroatoms. The minimum absolute atomic E-state index is 0.0142. The quantitative estimate of drug-likeness (QED) is 0.786. The first kappa shape index (κ1) is 15.8. The van der Waals surface area contributed by atoms with Crippen LogP contribution in [0.5, 0.6) is 0 Å². The predicted octanol–water partition coefficient (Wildman–Crippen LogP) is 2.46. The summed E-state index contributed by atoms with van der Waals surface area (Å²) in [6.45, 7) is 7.54. The standard InChI is InChI=1S/C14H23N3OS2/c1-11-9-20-14(15-11)12(2)16-13(18)10-19-8-7-17-5-3-4-6-17/h9,12H,3-8,10H2,1-2H3,(H,16,18). The van der Waals surface area contributed by atoms with Crippen molar-refractivity contribution < 1.29 is 4.79 Å². The van der Waals surface area contributed by atoms with Gasteiger partial charge in [-0.2, -0.15) is 11.8 Å². The SMILES string of the molecule is Cc1csc(C(C)NC(=O)CSCCN2CCCC2)n1. The number of carbonyl (C=O) groups excluding carboxylic acids is 1. The number of amides is 1. The Kier molecular flexibility index (Phi) is 6.32. The number of hydrogen-bond acceptors (Lipinski definition) is 5. The number of carbonyl (C=O) groups is 1. The van der Waals surface area contributed by atoms with Gasteiger partial charge in [-0.15, -0.1) is 11.3 Å². The lowest BCUT2D eigenvalue weighted by molar-refractivity contribution is -0.119. The maximum Gasteiger partial charge on any atom is 0.230 e. The van der Waals surface area contributed by atoms with Gasteiger partial charge in [-0.05, 0) is 39.8 Å². The van der Waals surface area contributed by atoms with Gasteiger partial charge in [0.1, 0.15) is 5.01 Å². The van der Waals surface area contributed by atoms with E-state index in [1.165, 1.54) is 25.9 Å². The summed E-state index contributed by atoms with van der Waals surface area (Å²) >= 11 is 3.33. The van der Waals surface area contributed by atoms with Crippen LogP contribution in [0.1, 0.15) is 36.5 Å². The molecule has 2 rings (SSSR count). The molecule has 0 aliphatic carbocycles. The van der Waals surface area contributed by atoms with Crippen molar-refractivity contribution in [2.45, 2.75) is 32.7 Å². The summed E-state index contributed by atoms with van der Waals surface area (Å²) in [5.41, 5.74) is 1.02. The van der Waals surface area contributed by atoms with E-state index in [1.54, 1.807) is 23.1 Å². The van der Waals surface area contributed by atoms with E-state index in [9.17, 15) is 4.79 Å². The highest BCUT2D eigenvalue weighted by Crippen LogP contribution is 2.17. The Morgan fingerprint density at radius 3 is 2.95 bits per heavy atom. The molecule has 1 N–H and O–H groups in total. The van der Waals surface area contributed by atoms with Crippen LogP contribution in [-0.2, 0) is 4.79 Å². The van der Waals surface area contributed by atoms with Crippen LogP contribution in [-0.4, -0.2) is 46.9 Å². The number of thioether (sulfide) groups is 1. The second-order valence-corrected chi connectivity index (χ2v) is 7.21. The summed E-state index contributed by atoms with van der Waals surface area (Å²) in [5, 5.41) is 6.01.